The molecule has 1 aliphatic carbocycles. The van der Waals surface area contributed by atoms with E-state index in [1.54, 1.807) is 0 Å². The van der Waals surface area contributed by atoms with Crippen molar-refractivity contribution in [2.24, 2.45) is 5.41 Å². The summed E-state index contributed by atoms with van der Waals surface area (Å²) in [6.45, 7) is 5.03. The molecule has 0 atom stereocenters. The van der Waals surface area contributed by atoms with Gasteiger partial charge in [0.15, 0.2) is 0 Å². The highest BCUT2D eigenvalue weighted by atomic mass is 16.5. The zero-order valence-corrected chi connectivity index (χ0v) is 12.6. The van der Waals surface area contributed by atoms with Crippen LogP contribution < -0.4 is 10.1 Å². The summed E-state index contributed by atoms with van der Waals surface area (Å²) in [6, 6.07) is 18.6. The van der Waals surface area contributed by atoms with Crippen LogP contribution in [0.4, 0.5) is 0 Å². The first-order valence-electron chi connectivity index (χ1n) is 7.70. The maximum absolute atomic E-state index is 5.80. The monoisotopic (exact) mass is 281 g/mol. The molecule has 2 aromatic rings. The zero-order valence-electron chi connectivity index (χ0n) is 12.6. The molecule has 1 saturated carbocycles. The lowest BCUT2D eigenvalue weighted by molar-refractivity contribution is 0.306. The second kappa shape index (κ2) is 6.31. The summed E-state index contributed by atoms with van der Waals surface area (Å²) in [4.78, 5) is 0. The molecule has 2 aromatic carbocycles. The van der Waals surface area contributed by atoms with E-state index in [0.29, 0.717) is 12.0 Å². The van der Waals surface area contributed by atoms with Gasteiger partial charge in [-0.2, -0.15) is 0 Å². The third-order valence-corrected chi connectivity index (χ3v) is 4.16. The van der Waals surface area contributed by atoms with Gasteiger partial charge in [0.25, 0.3) is 0 Å². The van der Waals surface area contributed by atoms with Crippen molar-refractivity contribution < 1.29 is 4.74 Å². The number of ether oxygens (including phenoxy) is 1. The SMILES string of the molecule is CC1(CNCc2ccc(OCc3ccccc3)cc2)CC1. The Morgan fingerprint density at radius 3 is 2.33 bits per heavy atom. The van der Waals surface area contributed by atoms with E-state index in [9.17, 15) is 0 Å². The van der Waals surface area contributed by atoms with E-state index in [4.69, 9.17) is 4.74 Å². The molecular weight excluding hydrogens is 258 g/mol. The Morgan fingerprint density at radius 2 is 1.67 bits per heavy atom. The van der Waals surface area contributed by atoms with Gasteiger partial charge in [-0.05, 0) is 41.5 Å². The molecule has 0 amide bonds. The molecule has 21 heavy (non-hydrogen) atoms. The molecule has 1 fully saturated rings. The first-order valence-corrected chi connectivity index (χ1v) is 7.70. The van der Waals surface area contributed by atoms with Crippen LogP contribution >= 0.6 is 0 Å². The Balaban J connectivity index is 1.45. The molecule has 0 spiro atoms. The van der Waals surface area contributed by atoms with Crippen LogP contribution in [0.3, 0.4) is 0 Å². The van der Waals surface area contributed by atoms with Gasteiger partial charge in [0, 0.05) is 13.1 Å². The first-order chi connectivity index (χ1) is 10.2. The quantitative estimate of drug-likeness (QED) is 0.823. The van der Waals surface area contributed by atoms with Crippen molar-refractivity contribution in [3.05, 3.63) is 65.7 Å². The summed E-state index contributed by atoms with van der Waals surface area (Å²) in [6.07, 6.45) is 2.73. The van der Waals surface area contributed by atoms with Crippen molar-refractivity contribution in [1.29, 1.82) is 0 Å². The van der Waals surface area contributed by atoms with E-state index in [1.165, 1.54) is 24.0 Å². The molecule has 0 radical (unpaired) electrons. The third-order valence-electron chi connectivity index (χ3n) is 4.16. The largest absolute Gasteiger partial charge is 0.489 e. The van der Waals surface area contributed by atoms with Crippen LogP contribution in [-0.2, 0) is 13.2 Å². The fourth-order valence-corrected chi connectivity index (χ4v) is 2.34. The van der Waals surface area contributed by atoms with Gasteiger partial charge >= 0.3 is 0 Å². The predicted molar refractivity (Wildman–Crippen MR) is 86.3 cm³/mol. The summed E-state index contributed by atoms with van der Waals surface area (Å²) in [7, 11) is 0. The number of nitrogens with one attached hydrogen (secondary N) is 1. The standard InChI is InChI=1S/C19H23NO/c1-19(11-12-19)15-20-13-16-7-9-18(10-8-16)21-14-17-5-3-2-4-6-17/h2-10,20H,11-15H2,1H3. The maximum Gasteiger partial charge on any atom is 0.119 e. The first kappa shape index (κ1) is 14.2. The van der Waals surface area contributed by atoms with Gasteiger partial charge in [0.05, 0.1) is 0 Å². The Labute approximate surface area is 127 Å². The highest BCUT2D eigenvalue weighted by Gasteiger charge is 2.36. The summed E-state index contributed by atoms with van der Waals surface area (Å²) in [5.41, 5.74) is 3.07. The van der Waals surface area contributed by atoms with Crippen LogP contribution in [0.5, 0.6) is 5.75 Å². The van der Waals surface area contributed by atoms with E-state index in [2.05, 4.69) is 48.6 Å². The predicted octanol–water partition coefficient (Wildman–Crippen LogP) is 4.16. The number of benzene rings is 2. The molecule has 2 heteroatoms. The van der Waals surface area contributed by atoms with E-state index >= 15 is 0 Å². The second-order valence-corrected chi connectivity index (χ2v) is 6.33. The molecule has 1 aliphatic rings. The van der Waals surface area contributed by atoms with E-state index in [-0.39, 0.29) is 0 Å². The topological polar surface area (TPSA) is 21.3 Å². The van der Waals surface area contributed by atoms with E-state index < -0.39 is 0 Å². The van der Waals surface area contributed by atoms with Gasteiger partial charge in [0.2, 0.25) is 0 Å². The molecule has 0 aliphatic heterocycles. The van der Waals surface area contributed by atoms with Crippen molar-refractivity contribution in [3.63, 3.8) is 0 Å². The molecule has 0 bridgehead atoms. The Bertz CT molecular complexity index is 558. The van der Waals surface area contributed by atoms with Crippen molar-refractivity contribution in [2.45, 2.75) is 32.9 Å². The van der Waals surface area contributed by atoms with Gasteiger partial charge in [-0.25, -0.2) is 0 Å². The second-order valence-electron chi connectivity index (χ2n) is 6.33. The molecule has 110 valence electrons. The van der Waals surface area contributed by atoms with Crippen molar-refractivity contribution in [2.75, 3.05) is 6.54 Å². The van der Waals surface area contributed by atoms with Crippen LogP contribution in [0, 0.1) is 5.41 Å². The smallest absolute Gasteiger partial charge is 0.119 e. The summed E-state index contributed by atoms with van der Waals surface area (Å²) >= 11 is 0. The summed E-state index contributed by atoms with van der Waals surface area (Å²) in [5, 5.41) is 3.54. The summed E-state index contributed by atoms with van der Waals surface area (Å²) < 4.78 is 5.80. The van der Waals surface area contributed by atoms with Crippen LogP contribution in [0.25, 0.3) is 0 Å². The number of hydrogen-bond donors (Lipinski definition) is 1. The third kappa shape index (κ3) is 4.33. The maximum atomic E-state index is 5.80. The minimum Gasteiger partial charge on any atom is -0.489 e. The fraction of sp³-hybridized carbons (Fsp3) is 0.368. The molecular formula is C19H23NO. The Kier molecular flexibility index (Phi) is 4.26. The van der Waals surface area contributed by atoms with Gasteiger partial charge in [0.1, 0.15) is 12.4 Å². The lowest BCUT2D eigenvalue weighted by atomic mass is 10.1. The molecule has 3 rings (SSSR count). The Hall–Kier alpha value is -1.80. The van der Waals surface area contributed by atoms with Gasteiger partial charge < -0.3 is 10.1 Å². The van der Waals surface area contributed by atoms with Crippen molar-refractivity contribution in [3.8, 4) is 5.75 Å². The molecule has 0 unspecified atom stereocenters. The average Bonchev–Trinajstić information content (AvgIpc) is 3.25. The molecule has 0 saturated heterocycles. The lowest BCUT2D eigenvalue weighted by Crippen LogP contribution is -2.21. The minimum atomic E-state index is 0.568. The van der Waals surface area contributed by atoms with E-state index in [0.717, 1.165) is 18.8 Å². The molecule has 0 heterocycles. The van der Waals surface area contributed by atoms with Gasteiger partial charge in [-0.3, -0.25) is 0 Å². The molecule has 1 N–H and O–H groups in total. The van der Waals surface area contributed by atoms with Crippen LogP contribution in [-0.4, -0.2) is 6.54 Å². The van der Waals surface area contributed by atoms with Gasteiger partial charge in [-0.15, -0.1) is 0 Å². The van der Waals surface area contributed by atoms with Crippen LogP contribution in [0.2, 0.25) is 0 Å². The van der Waals surface area contributed by atoms with E-state index in [1.807, 2.05) is 18.2 Å². The highest BCUT2D eigenvalue weighted by Crippen LogP contribution is 2.44. The van der Waals surface area contributed by atoms with Crippen LogP contribution in [0.1, 0.15) is 30.9 Å². The number of hydrogen-bond acceptors (Lipinski definition) is 2. The van der Waals surface area contributed by atoms with Crippen molar-refractivity contribution >= 4 is 0 Å². The highest BCUT2D eigenvalue weighted by molar-refractivity contribution is 5.27. The van der Waals surface area contributed by atoms with Crippen molar-refractivity contribution in [1.82, 2.24) is 5.32 Å². The zero-order chi connectivity index (χ0) is 14.5. The minimum absolute atomic E-state index is 0.568. The molecule has 0 aromatic heterocycles. The normalized spacial score (nSPS) is 15.7. The number of rotatable bonds is 7. The fourth-order valence-electron chi connectivity index (χ4n) is 2.34. The summed E-state index contributed by atoms with van der Waals surface area (Å²) in [5.74, 6) is 0.928. The van der Waals surface area contributed by atoms with Gasteiger partial charge in [-0.1, -0.05) is 49.4 Å². The van der Waals surface area contributed by atoms with Crippen LogP contribution in [0.15, 0.2) is 54.6 Å². The lowest BCUT2D eigenvalue weighted by Gasteiger charge is -2.11. The average molecular weight is 281 g/mol. The molecule has 2 nitrogen and oxygen atoms in total. The Morgan fingerprint density at radius 1 is 0.952 bits per heavy atom.